The van der Waals surface area contributed by atoms with E-state index in [2.05, 4.69) is 57.2 Å². The second-order valence-electron chi connectivity index (χ2n) is 16.3. The normalized spacial score (nSPS) is 33.1. The van der Waals surface area contributed by atoms with Crippen molar-refractivity contribution in [2.75, 3.05) is 0 Å². The second kappa shape index (κ2) is 12.0. The smallest absolute Gasteiger partial charge is 0.292 e. The molecule has 0 amide bonds. The molecule has 6 fully saturated rings. The average Bonchev–Trinajstić information content (AvgIpc) is 3.06. The fourth-order valence-electron chi connectivity index (χ4n) is 12.0. The highest BCUT2D eigenvalue weighted by Gasteiger charge is 2.67. The molecule has 6 aliphatic carbocycles. The maximum atomic E-state index is 9.58. The van der Waals surface area contributed by atoms with Gasteiger partial charge >= 0.3 is 0 Å². The number of benzene rings is 2. The highest BCUT2D eigenvalue weighted by Crippen LogP contribution is 2.76. The van der Waals surface area contributed by atoms with Gasteiger partial charge in [-0.05, 0) is 133 Å². The maximum absolute atomic E-state index is 9.58. The van der Waals surface area contributed by atoms with E-state index in [-0.39, 0.29) is 5.41 Å². The molecule has 0 N–H and O–H groups in total. The summed E-state index contributed by atoms with van der Waals surface area (Å²) in [5.41, 5.74) is 6.26. The Morgan fingerprint density at radius 1 is 0.756 bits per heavy atom. The number of nitrogens with zero attached hydrogens (tertiary/aromatic N) is 2. The molecule has 0 saturated heterocycles. The lowest BCUT2D eigenvalue weighted by Crippen LogP contribution is -2.63. The van der Waals surface area contributed by atoms with Crippen molar-refractivity contribution in [2.45, 2.75) is 147 Å². The molecule has 0 heterocycles. The van der Waals surface area contributed by atoms with E-state index in [9.17, 15) is 10.5 Å². The minimum atomic E-state index is 0.0374. The Morgan fingerprint density at radius 2 is 1.36 bits per heavy atom. The second-order valence-corrected chi connectivity index (χ2v) is 16.3. The first-order chi connectivity index (χ1) is 21.9. The van der Waals surface area contributed by atoms with Crippen molar-refractivity contribution in [3.05, 3.63) is 58.7 Å². The van der Waals surface area contributed by atoms with Crippen molar-refractivity contribution in [1.82, 2.24) is 0 Å². The molecule has 0 spiro atoms. The van der Waals surface area contributed by atoms with Crippen molar-refractivity contribution in [1.29, 1.82) is 10.5 Å². The van der Waals surface area contributed by atoms with Gasteiger partial charge in [0, 0.05) is 5.41 Å². The summed E-state index contributed by atoms with van der Waals surface area (Å²) in [6, 6.07) is 14.0. The van der Waals surface area contributed by atoms with Crippen molar-refractivity contribution >= 4 is 0 Å². The summed E-state index contributed by atoms with van der Waals surface area (Å²) in [6.07, 6.45) is 24.1. The van der Waals surface area contributed by atoms with E-state index in [0.717, 1.165) is 11.5 Å². The van der Waals surface area contributed by atoms with Gasteiger partial charge in [0.25, 0.3) is 12.5 Å². The SMILES string of the molecule is CCC12CC3CC(C(C)C)(C1)CC(c1ccc(OC#N)c(C4CCCCC4)c1)(C2)C3c1ccc(OC#N)c(C2CCCCC2)c1. The predicted molar refractivity (Wildman–Crippen MR) is 178 cm³/mol. The van der Waals surface area contributed by atoms with Crippen molar-refractivity contribution < 1.29 is 9.47 Å². The Bertz CT molecular complexity index is 1490. The lowest BCUT2D eigenvalue weighted by atomic mass is 9.33. The zero-order valence-electron chi connectivity index (χ0n) is 27.9. The van der Waals surface area contributed by atoms with Gasteiger partial charge in [-0.3, -0.25) is 0 Å². The third-order valence-corrected chi connectivity index (χ3v) is 13.9. The van der Waals surface area contributed by atoms with Crippen LogP contribution < -0.4 is 9.47 Å². The van der Waals surface area contributed by atoms with Crippen LogP contribution in [0.15, 0.2) is 36.4 Å². The van der Waals surface area contributed by atoms with Crippen LogP contribution in [0.3, 0.4) is 0 Å². The van der Waals surface area contributed by atoms with E-state index >= 15 is 0 Å². The topological polar surface area (TPSA) is 66.0 Å². The van der Waals surface area contributed by atoms with Gasteiger partial charge in [-0.25, -0.2) is 0 Å². The van der Waals surface area contributed by atoms with Crippen molar-refractivity contribution in [2.24, 2.45) is 22.7 Å². The highest BCUT2D eigenvalue weighted by atomic mass is 16.5. The number of ether oxygens (including phenoxy) is 2. The Labute approximate surface area is 271 Å². The Kier molecular flexibility index (Phi) is 8.17. The lowest BCUT2D eigenvalue weighted by Gasteiger charge is -2.71. The molecule has 4 heteroatoms. The zero-order chi connectivity index (χ0) is 31.2. The number of hydrogen-bond acceptors (Lipinski definition) is 4. The van der Waals surface area contributed by atoms with E-state index in [1.165, 1.54) is 125 Å². The molecule has 4 bridgehead atoms. The molecule has 6 saturated carbocycles. The molecule has 45 heavy (non-hydrogen) atoms. The summed E-state index contributed by atoms with van der Waals surface area (Å²) < 4.78 is 11.3. The van der Waals surface area contributed by atoms with E-state index in [1.807, 2.05) is 12.5 Å². The first-order valence-electron chi connectivity index (χ1n) is 18.3. The van der Waals surface area contributed by atoms with E-state index in [0.29, 0.717) is 40.4 Å². The molecule has 0 aliphatic heterocycles. The summed E-state index contributed by atoms with van der Waals surface area (Å²) in [6.45, 7) is 7.44. The number of nitriles is 2. The standard InChI is InChI=1S/C41H52N2O2/c1-4-39-21-32-22-40(23-39,28(2)3)25-41(24-39,33-16-18-37(45-27-43)35(20-33)30-13-9-6-10-14-30)38(32)31-15-17-36(44-26-42)34(19-31)29-11-7-5-8-12-29/h15-20,28-30,32,38H,4-14,21-25H2,1-3H3. The van der Waals surface area contributed by atoms with Gasteiger partial charge < -0.3 is 9.47 Å². The molecule has 238 valence electrons. The first kappa shape index (κ1) is 30.7. The summed E-state index contributed by atoms with van der Waals surface area (Å²) in [4.78, 5) is 0. The van der Waals surface area contributed by atoms with E-state index in [1.54, 1.807) is 0 Å². The summed E-state index contributed by atoms with van der Waals surface area (Å²) in [7, 11) is 0. The van der Waals surface area contributed by atoms with Crippen LogP contribution in [0.2, 0.25) is 0 Å². The Hall–Kier alpha value is -2.98. The molecule has 0 radical (unpaired) electrons. The summed E-state index contributed by atoms with van der Waals surface area (Å²) >= 11 is 0. The fraction of sp³-hybridized carbons (Fsp3) is 0.659. The Morgan fingerprint density at radius 3 is 1.93 bits per heavy atom. The molecular weight excluding hydrogens is 552 g/mol. The van der Waals surface area contributed by atoms with Gasteiger partial charge in [-0.1, -0.05) is 90.0 Å². The molecule has 4 nitrogen and oxygen atoms in total. The number of rotatable bonds is 8. The van der Waals surface area contributed by atoms with Crippen LogP contribution in [0.1, 0.15) is 164 Å². The van der Waals surface area contributed by atoms with E-state index < -0.39 is 0 Å². The molecule has 8 rings (SSSR count). The van der Waals surface area contributed by atoms with Crippen LogP contribution in [0.5, 0.6) is 11.5 Å². The van der Waals surface area contributed by atoms with Gasteiger partial charge in [0.1, 0.15) is 11.5 Å². The van der Waals surface area contributed by atoms with Crippen LogP contribution in [-0.2, 0) is 5.41 Å². The maximum Gasteiger partial charge on any atom is 0.292 e. The van der Waals surface area contributed by atoms with Gasteiger partial charge in [0.15, 0.2) is 0 Å². The fourth-order valence-corrected chi connectivity index (χ4v) is 12.0. The van der Waals surface area contributed by atoms with Crippen LogP contribution in [-0.4, -0.2) is 0 Å². The first-order valence-corrected chi connectivity index (χ1v) is 18.3. The van der Waals surface area contributed by atoms with Gasteiger partial charge in [-0.15, -0.1) is 10.5 Å². The quantitative estimate of drug-likeness (QED) is 0.281. The van der Waals surface area contributed by atoms with Crippen LogP contribution in [0.4, 0.5) is 0 Å². The van der Waals surface area contributed by atoms with Crippen LogP contribution >= 0.6 is 0 Å². The number of hydrogen-bond donors (Lipinski definition) is 0. The highest BCUT2D eigenvalue weighted by molar-refractivity contribution is 5.50. The predicted octanol–water partition coefficient (Wildman–Crippen LogP) is 11.2. The molecule has 0 aromatic heterocycles. The molecule has 6 aliphatic rings. The monoisotopic (exact) mass is 604 g/mol. The molecule has 5 atom stereocenters. The van der Waals surface area contributed by atoms with Crippen molar-refractivity contribution in [3.8, 4) is 24.0 Å². The molecule has 5 unspecified atom stereocenters. The average molecular weight is 605 g/mol. The zero-order valence-corrected chi connectivity index (χ0v) is 27.9. The summed E-state index contributed by atoms with van der Waals surface area (Å²) in [5, 5.41) is 19.1. The Balaban J connectivity index is 1.41. The largest absolute Gasteiger partial charge is 0.388 e. The summed E-state index contributed by atoms with van der Waals surface area (Å²) in [5.74, 6) is 4.20. The van der Waals surface area contributed by atoms with Crippen LogP contribution in [0.25, 0.3) is 0 Å². The lowest BCUT2D eigenvalue weighted by molar-refractivity contribution is -0.159. The van der Waals surface area contributed by atoms with Crippen LogP contribution in [0, 0.1) is 45.7 Å². The molecule has 2 aromatic carbocycles. The minimum Gasteiger partial charge on any atom is -0.388 e. The molecule has 2 aromatic rings. The van der Waals surface area contributed by atoms with Gasteiger partial charge in [0.05, 0.1) is 0 Å². The third kappa shape index (κ3) is 5.16. The molecular formula is C41H52N2O2. The van der Waals surface area contributed by atoms with Gasteiger partial charge in [-0.2, -0.15) is 0 Å². The van der Waals surface area contributed by atoms with Crippen molar-refractivity contribution in [3.63, 3.8) is 0 Å². The van der Waals surface area contributed by atoms with E-state index in [4.69, 9.17) is 9.47 Å². The van der Waals surface area contributed by atoms with Gasteiger partial charge in [0.2, 0.25) is 0 Å². The minimum absolute atomic E-state index is 0.0374. The third-order valence-electron chi connectivity index (χ3n) is 13.9.